The van der Waals surface area contributed by atoms with Gasteiger partial charge in [-0.1, -0.05) is 24.3 Å². The molecule has 1 aromatic carbocycles. The highest BCUT2D eigenvalue weighted by Gasteiger charge is 2.23. The summed E-state index contributed by atoms with van der Waals surface area (Å²) in [6, 6.07) is 12.1. The van der Waals surface area contributed by atoms with Crippen molar-refractivity contribution in [3.63, 3.8) is 0 Å². The largest absolute Gasteiger partial charge is 0.345 e. The zero-order chi connectivity index (χ0) is 14.2. The molecule has 1 aliphatic rings. The van der Waals surface area contributed by atoms with E-state index in [9.17, 15) is 4.79 Å². The van der Waals surface area contributed by atoms with Crippen molar-refractivity contribution in [2.75, 3.05) is 6.54 Å². The molecule has 0 saturated heterocycles. The summed E-state index contributed by atoms with van der Waals surface area (Å²) < 4.78 is 0. The van der Waals surface area contributed by atoms with Crippen molar-refractivity contribution in [1.82, 2.24) is 14.9 Å². The van der Waals surface area contributed by atoms with Gasteiger partial charge < -0.3 is 9.88 Å². The summed E-state index contributed by atoms with van der Waals surface area (Å²) in [6.45, 7) is 1.45. The summed E-state index contributed by atoms with van der Waals surface area (Å²) >= 11 is 0. The molecule has 3 heterocycles. The van der Waals surface area contributed by atoms with Crippen LogP contribution in [0.25, 0.3) is 11.0 Å². The predicted octanol–water partition coefficient (Wildman–Crippen LogP) is 2.76. The molecule has 0 spiro atoms. The number of hydrogen-bond donors (Lipinski definition) is 1. The second kappa shape index (κ2) is 4.74. The van der Waals surface area contributed by atoms with Crippen LogP contribution in [-0.2, 0) is 13.0 Å². The monoisotopic (exact) mass is 277 g/mol. The summed E-state index contributed by atoms with van der Waals surface area (Å²) in [6.07, 6.45) is 4.41. The smallest absolute Gasteiger partial charge is 0.256 e. The molecule has 1 N–H and O–H groups in total. The average molecular weight is 277 g/mol. The second-order valence-corrected chi connectivity index (χ2v) is 5.35. The summed E-state index contributed by atoms with van der Waals surface area (Å²) in [5, 5.41) is 0.890. The minimum atomic E-state index is 0.0729. The Bertz CT molecular complexity index is 822. The normalized spacial score (nSPS) is 14.2. The van der Waals surface area contributed by atoms with Gasteiger partial charge in [-0.05, 0) is 29.7 Å². The molecular formula is C17H15N3O. The SMILES string of the molecule is O=C(c1c[nH]c2ncccc12)N1CCc2ccccc2C1. The molecule has 1 aliphatic heterocycles. The molecule has 3 aromatic rings. The highest BCUT2D eigenvalue weighted by Crippen LogP contribution is 2.23. The number of hydrogen-bond acceptors (Lipinski definition) is 2. The van der Waals surface area contributed by atoms with Gasteiger partial charge in [-0.3, -0.25) is 4.79 Å². The van der Waals surface area contributed by atoms with Crippen molar-refractivity contribution in [3.05, 3.63) is 65.5 Å². The van der Waals surface area contributed by atoms with Crippen molar-refractivity contribution < 1.29 is 4.79 Å². The number of H-pyrrole nitrogens is 1. The van der Waals surface area contributed by atoms with E-state index in [0.717, 1.165) is 24.0 Å². The lowest BCUT2D eigenvalue weighted by atomic mass is 9.99. The van der Waals surface area contributed by atoms with Gasteiger partial charge in [0.05, 0.1) is 5.56 Å². The number of carbonyl (C=O) groups excluding carboxylic acids is 1. The van der Waals surface area contributed by atoms with Gasteiger partial charge in [-0.15, -0.1) is 0 Å². The first kappa shape index (κ1) is 12.1. The quantitative estimate of drug-likeness (QED) is 0.743. The van der Waals surface area contributed by atoms with E-state index in [1.54, 1.807) is 12.4 Å². The number of amides is 1. The minimum absolute atomic E-state index is 0.0729. The summed E-state index contributed by atoms with van der Waals surface area (Å²) in [7, 11) is 0. The Morgan fingerprint density at radius 2 is 2.00 bits per heavy atom. The number of benzene rings is 1. The fraction of sp³-hybridized carbons (Fsp3) is 0.176. The van der Waals surface area contributed by atoms with Crippen molar-refractivity contribution in [1.29, 1.82) is 0 Å². The fourth-order valence-electron chi connectivity index (χ4n) is 2.97. The predicted molar refractivity (Wildman–Crippen MR) is 81.0 cm³/mol. The standard InChI is InChI=1S/C17H15N3O/c21-17(15-10-19-16-14(15)6-3-8-18-16)20-9-7-12-4-1-2-5-13(12)11-20/h1-6,8,10H,7,9,11H2,(H,18,19). The second-order valence-electron chi connectivity index (χ2n) is 5.35. The molecule has 0 saturated carbocycles. The lowest BCUT2D eigenvalue weighted by Crippen LogP contribution is -2.35. The number of nitrogens with one attached hydrogen (secondary N) is 1. The first-order valence-corrected chi connectivity index (χ1v) is 7.11. The molecule has 21 heavy (non-hydrogen) atoms. The maximum Gasteiger partial charge on any atom is 0.256 e. The molecule has 0 radical (unpaired) electrons. The highest BCUT2D eigenvalue weighted by atomic mass is 16.2. The lowest BCUT2D eigenvalue weighted by Gasteiger charge is -2.28. The molecule has 0 unspecified atom stereocenters. The fourth-order valence-corrected chi connectivity index (χ4v) is 2.97. The summed E-state index contributed by atoms with van der Waals surface area (Å²) in [5.74, 6) is 0.0729. The summed E-state index contributed by atoms with van der Waals surface area (Å²) in [5.41, 5.74) is 4.06. The molecule has 104 valence electrons. The van der Waals surface area contributed by atoms with Crippen molar-refractivity contribution in [3.8, 4) is 0 Å². The third-order valence-electron chi connectivity index (χ3n) is 4.10. The van der Waals surface area contributed by atoms with E-state index in [1.165, 1.54) is 11.1 Å². The molecule has 2 aromatic heterocycles. The number of pyridine rings is 1. The van der Waals surface area contributed by atoms with Crippen LogP contribution < -0.4 is 0 Å². The van der Waals surface area contributed by atoms with Crippen molar-refractivity contribution in [2.24, 2.45) is 0 Å². The van der Waals surface area contributed by atoms with Crippen LogP contribution in [0, 0.1) is 0 Å². The van der Waals surface area contributed by atoms with Crippen LogP contribution in [0.2, 0.25) is 0 Å². The minimum Gasteiger partial charge on any atom is -0.345 e. The third kappa shape index (κ3) is 2.00. The molecule has 0 bridgehead atoms. The van der Waals surface area contributed by atoms with Crippen LogP contribution in [0.15, 0.2) is 48.8 Å². The van der Waals surface area contributed by atoms with E-state index in [1.807, 2.05) is 23.1 Å². The van der Waals surface area contributed by atoms with Gasteiger partial charge in [-0.2, -0.15) is 0 Å². The maximum absolute atomic E-state index is 12.8. The topological polar surface area (TPSA) is 49.0 Å². The first-order valence-electron chi connectivity index (χ1n) is 7.11. The molecule has 4 rings (SSSR count). The molecule has 4 heteroatoms. The zero-order valence-corrected chi connectivity index (χ0v) is 11.5. The van der Waals surface area contributed by atoms with Gasteiger partial charge in [0.2, 0.25) is 0 Å². The van der Waals surface area contributed by atoms with Crippen molar-refractivity contribution in [2.45, 2.75) is 13.0 Å². The first-order chi connectivity index (χ1) is 10.3. The molecule has 0 aliphatic carbocycles. The highest BCUT2D eigenvalue weighted by molar-refractivity contribution is 6.05. The van der Waals surface area contributed by atoms with Gasteiger partial charge >= 0.3 is 0 Å². The summed E-state index contributed by atoms with van der Waals surface area (Å²) in [4.78, 5) is 22.0. The van der Waals surface area contributed by atoms with Gasteiger partial charge in [0.15, 0.2) is 0 Å². The Balaban J connectivity index is 1.67. The van der Waals surface area contributed by atoms with Gasteiger partial charge in [0.25, 0.3) is 5.91 Å². The Kier molecular flexibility index (Phi) is 2.74. The number of aromatic nitrogens is 2. The van der Waals surface area contributed by atoms with Crippen LogP contribution in [0.5, 0.6) is 0 Å². The van der Waals surface area contributed by atoms with Crippen LogP contribution in [0.3, 0.4) is 0 Å². The van der Waals surface area contributed by atoms with E-state index < -0.39 is 0 Å². The van der Waals surface area contributed by atoms with Crippen LogP contribution >= 0.6 is 0 Å². The van der Waals surface area contributed by atoms with Crippen LogP contribution in [-0.4, -0.2) is 27.3 Å². The van der Waals surface area contributed by atoms with Gasteiger partial charge in [-0.25, -0.2) is 4.98 Å². The Labute approximate surface area is 122 Å². The van der Waals surface area contributed by atoms with Gasteiger partial charge in [0.1, 0.15) is 5.65 Å². The van der Waals surface area contributed by atoms with Crippen LogP contribution in [0.4, 0.5) is 0 Å². The lowest BCUT2D eigenvalue weighted by molar-refractivity contribution is 0.0737. The number of nitrogens with zero attached hydrogens (tertiary/aromatic N) is 2. The third-order valence-corrected chi connectivity index (χ3v) is 4.10. The number of fused-ring (bicyclic) bond motifs is 2. The van der Waals surface area contributed by atoms with E-state index >= 15 is 0 Å². The molecule has 1 amide bonds. The van der Waals surface area contributed by atoms with Crippen molar-refractivity contribution >= 4 is 16.9 Å². The number of carbonyl (C=O) groups is 1. The van der Waals surface area contributed by atoms with E-state index in [0.29, 0.717) is 12.1 Å². The number of aromatic amines is 1. The Morgan fingerprint density at radius 3 is 2.90 bits per heavy atom. The molecular weight excluding hydrogens is 262 g/mol. The molecule has 4 nitrogen and oxygen atoms in total. The van der Waals surface area contributed by atoms with E-state index in [4.69, 9.17) is 0 Å². The molecule has 0 fully saturated rings. The van der Waals surface area contributed by atoms with E-state index in [-0.39, 0.29) is 5.91 Å². The van der Waals surface area contributed by atoms with Crippen LogP contribution in [0.1, 0.15) is 21.5 Å². The number of rotatable bonds is 1. The average Bonchev–Trinajstić information content (AvgIpc) is 2.98. The zero-order valence-electron chi connectivity index (χ0n) is 11.5. The molecule has 0 atom stereocenters. The Hall–Kier alpha value is -2.62. The van der Waals surface area contributed by atoms with E-state index in [2.05, 4.69) is 28.2 Å². The van der Waals surface area contributed by atoms with Gasteiger partial charge in [0, 0.05) is 30.9 Å². The maximum atomic E-state index is 12.8. The Morgan fingerprint density at radius 1 is 1.14 bits per heavy atom.